The number of hydrogen-bond acceptors (Lipinski definition) is 3. The molecular weight excluding hydrogens is 558 g/mol. The maximum Gasteiger partial charge on any atom is 0.0972 e. The Kier molecular flexibility index (Phi) is 6.14. The van der Waals surface area contributed by atoms with E-state index in [1.165, 1.54) is 27.3 Å². The fourth-order valence-electron chi connectivity index (χ4n) is 6.54. The molecule has 0 aliphatic carbocycles. The maximum atomic E-state index is 5.22. The van der Waals surface area contributed by atoms with Crippen LogP contribution in [0.2, 0.25) is 0 Å². The van der Waals surface area contributed by atoms with Crippen LogP contribution in [0.15, 0.2) is 164 Å². The van der Waals surface area contributed by atoms with E-state index in [4.69, 9.17) is 15.0 Å². The van der Waals surface area contributed by atoms with Crippen molar-refractivity contribution in [3.8, 4) is 44.9 Å². The summed E-state index contributed by atoms with van der Waals surface area (Å²) in [5.74, 6) is 0. The Morgan fingerprint density at radius 2 is 0.870 bits per heavy atom. The van der Waals surface area contributed by atoms with Gasteiger partial charge < -0.3 is 0 Å². The Hall–Kier alpha value is -6.19. The molecule has 46 heavy (non-hydrogen) atoms. The molecule has 214 valence electrons. The van der Waals surface area contributed by atoms with Gasteiger partial charge in [-0.2, -0.15) is 0 Å². The molecule has 0 saturated carbocycles. The SMILES string of the molecule is c1ccc(-c2ccc3ccc4ccc(-c5cccc(-c6cc(-c7ccccc7)c7c(ccc8ccccc87)n6)c5)nc4c3n2)cc1. The van der Waals surface area contributed by atoms with Crippen LogP contribution in [-0.4, -0.2) is 15.0 Å². The normalized spacial score (nSPS) is 11.5. The molecule has 0 fully saturated rings. The fourth-order valence-corrected chi connectivity index (χ4v) is 6.54. The topological polar surface area (TPSA) is 38.7 Å². The molecule has 0 radical (unpaired) electrons. The van der Waals surface area contributed by atoms with E-state index >= 15 is 0 Å². The molecule has 3 heterocycles. The second-order valence-electron chi connectivity index (χ2n) is 11.7. The lowest BCUT2D eigenvalue weighted by atomic mass is 9.94. The van der Waals surface area contributed by atoms with Crippen molar-refractivity contribution in [1.29, 1.82) is 0 Å². The molecule has 0 atom stereocenters. The zero-order chi connectivity index (χ0) is 30.5. The van der Waals surface area contributed by atoms with Crippen LogP contribution in [0.3, 0.4) is 0 Å². The van der Waals surface area contributed by atoms with Gasteiger partial charge >= 0.3 is 0 Å². The number of nitrogens with zero attached hydrogens (tertiary/aromatic N) is 3. The van der Waals surface area contributed by atoms with Crippen molar-refractivity contribution in [2.75, 3.05) is 0 Å². The number of benzene rings is 6. The minimum atomic E-state index is 0.903. The first-order valence-corrected chi connectivity index (χ1v) is 15.5. The molecule has 0 aliphatic heterocycles. The van der Waals surface area contributed by atoms with Crippen molar-refractivity contribution < 1.29 is 0 Å². The van der Waals surface area contributed by atoms with E-state index in [1.807, 2.05) is 18.2 Å². The summed E-state index contributed by atoms with van der Waals surface area (Å²) in [7, 11) is 0. The fraction of sp³-hybridized carbons (Fsp3) is 0. The van der Waals surface area contributed by atoms with Crippen molar-refractivity contribution >= 4 is 43.5 Å². The number of pyridine rings is 3. The van der Waals surface area contributed by atoms with Crippen molar-refractivity contribution in [2.45, 2.75) is 0 Å². The highest BCUT2D eigenvalue weighted by molar-refractivity contribution is 6.14. The summed E-state index contributed by atoms with van der Waals surface area (Å²) >= 11 is 0. The van der Waals surface area contributed by atoms with Crippen LogP contribution in [0.1, 0.15) is 0 Å². The van der Waals surface area contributed by atoms with E-state index in [0.717, 1.165) is 61.1 Å². The van der Waals surface area contributed by atoms with Crippen molar-refractivity contribution in [3.63, 3.8) is 0 Å². The number of aromatic nitrogens is 3. The lowest BCUT2D eigenvalue weighted by Crippen LogP contribution is -1.93. The molecule has 0 amide bonds. The van der Waals surface area contributed by atoms with Gasteiger partial charge in [0.15, 0.2) is 0 Å². The summed E-state index contributed by atoms with van der Waals surface area (Å²) < 4.78 is 0. The molecule has 0 unspecified atom stereocenters. The first kappa shape index (κ1) is 26.2. The molecule has 3 aromatic heterocycles. The summed E-state index contributed by atoms with van der Waals surface area (Å²) in [6, 6.07) is 57.3. The number of rotatable bonds is 4. The van der Waals surface area contributed by atoms with E-state index in [2.05, 4.69) is 146 Å². The summed E-state index contributed by atoms with van der Waals surface area (Å²) in [5, 5.41) is 5.75. The highest BCUT2D eigenvalue weighted by atomic mass is 14.8. The van der Waals surface area contributed by atoms with Crippen LogP contribution in [0, 0.1) is 0 Å². The van der Waals surface area contributed by atoms with Crippen molar-refractivity contribution in [3.05, 3.63) is 164 Å². The summed E-state index contributed by atoms with van der Waals surface area (Å²) in [6.07, 6.45) is 0. The first-order chi connectivity index (χ1) is 22.8. The molecule has 3 heteroatoms. The van der Waals surface area contributed by atoms with Crippen LogP contribution >= 0.6 is 0 Å². The molecule has 0 saturated heterocycles. The minimum absolute atomic E-state index is 0.903. The van der Waals surface area contributed by atoms with Crippen LogP contribution in [0.25, 0.3) is 88.4 Å². The third-order valence-corrected chi connectivity index (χ3v) is 8.83. The average molecular weight is 586 g/mol. The van der Waals surface area contributed by atoms with E-state index in [-0.39, 0.29) is 0 Å². The van der Waals surface area contributed by atoms with Gasteiger partial charge in [-0.3, -0.25) is 0 Å². The zero-order valence-corrected chi connectivity index (χ0v) is 24.9. The molecule has 3 nitrogen and oxygen atoms in total. The Labute approximate surface area is 266 Å². The van der Waals surface area contributed by atoms with Gasteiger partial charge in [0.2, 0.25) is 0 Å². The number of hydrogen-bond donors (Lipinski definition) is 0. The smallest absolute Gasteiger partial charge is 0.0972 e. The van der Waals surface area contributed by atoms with E-state index in [9.17, 15) is 0 Å². The largest absolute Gasteiger partial charge is 0.248 e. The molecule has 0 bridgehead atoms. The monoisotopic (exact) mass is 585 g/mol. The first-order valence-electron chi connectivity index (χ1n) is 15.5. The summed E-state index contributed by atoms with van der Waals surface area (Å²) in [4.78, 5) is 15.5. The van der Waals surface area contributed by atoms with Gasteiger partial charge in [-0.05, 0) is 52.2 Å². The molecule has 0 spiro atoms. The Morgan fingerprint density at radius 1 is 0.326 bits per heavy atom. The van der Waals surface area contributed by atoms with Crippen LogP contribution in [0.4, 0.5) is 0 Å². The van der Waals surface area contributed by atoms with Gasteiger partial charge in [-0.25, -0.2) is 15.0 Å². The van der Waals surface area contributed by atoms with Gasteiger partial charge in [0.05, 0.1) is 33.6 Å². The lowest BCUT2D eigenvalue weighted by molar-refractivity contribution is 1.36. The molecular formula is C43H27N3. The Bertz CT molecular complexity index is 2570. The molecule has 9 rings (SSSR count). The van der Waals surface area contributed by atoms with Gasteiger partial charge in [-0.15, -0.1) is 0 Å². The standard InChI is InChI=1S/C43H27N3/c1-3-10-28(11-4-1)36-27-40(44-39-25-20-29-12-7-8-17-35(29)41(36)39)34-16-9-15-33(26-34)38-24-22-32-19-18-31-21-23-37(30-13-5-2-6-14-30)45-42(31)43(32)46-38/h1-27H. The van der Waals surface area contributed by atoms with E-state index < -0.39 is 0 Å². The molecule has 0 N–H and O–H groups in total. The predicted molar refractivity (Wildman–Crippen MR) is 192 cm³/mol. The highest BCUT2D eigenvalue weighted by Gasteiger charge is 2.14. The lowest BCUT2D eigenvalue weighted by Gasteiger charge is -2.14. The van der Waals surface area contributed by atoms with Crippen LogP contribution in [-0.2, 0) is 0 Å². The maximum absolute atomic E-state index is 5.22. The molecule has 6 aromatic carbocycles. The second-order valence-corrected chi connectivity index (χ2v) is 11.7. The van der Waals surface area contributed by atoms with Crippen LogP contribution in [0.5, 0.6) is 0 Å². The molecule has 9 aromatic rings. The van der Waals surface area contributed by atoms with Crippen LogP contribution < -0.4 is 0 Å². The highest BCUT2D eigenvalue weighted by Crippen LogP contribution is 2.37. The van der Waals surface area contributed by atoms with Gasteiger partial charge in [0, 0.05) is 32.8 Å². The van der Waals surface area contributed by atoms with E-state index in [0.29, 0.717) is 0 Å². The zero-order valence-electron chi connectivity index (χ0n) is 24.9. The minimum Gasteiger partial charge on any atom is -0.248 e. The van der Waals surface area contributed by atoms with Crippen molar-refractivity contribution in [2.24, 2.45) is 0 Å². The Morgan fingerprint density at radius 3 is 1.59 bits per heavy atom. The summed E-state index contributed by atoms with van der Waals surface area (Å²) in [6.45, 7) is 0. The van der Waals surface area contributed by atoms with Gasteiger partial charge in [0.1, 0.15) is 0 Å². The van der Waals surface area contributed by atoms with Gasteiger partial charge in [-0.1, -0.05) is 133 Å². The third-order valence-electron chi connectivity index (χ3n) is 8.83. The van der Waals surface area contributed by atoms with Gasteiger partial charge in [0.25, 0.3) is 0 Å². The summed E-state index contributed by atoms with van der Waals surface area (Å²) in [5.41, 5.74) is 11.1. The predicted octanol–water partition coefficient (Wildman–Crippen LogP) is 11.2. The van der Waals surface area contributed by atoms with Crippen molar-refractivity contribution in [1.82, 2.24) is 15.0 Å². The second kappa shape index (κ2) is 10.8. The molecule has 0 aliphatic rings. The van der Waals surface area contributed by atoms with E-state index in [1.54, 1.807) is 0 Å². The third kappa shape index (κ3) is 4.49. The Balaban J connectivity index is 1.20. The quantitative estimate of drug-likeness (QED) is 0.193. The number of fused-ring (bicyclic) bond motifs is 6. The average Bonchev–Trinajstić information content (AvgIpc) is 3.14.